The predicted molar refractivity (Wildman–Crippen MR) is 73.3 cm³/mol. The maximum absolute atomic E-state index is 3.43. The molecule has 0 atom stereocenters. The van der Waals surface area contributed by atoms with Gasteiger partial charge in [-0.15, -0.1) is 0 Å². The molecule has 2 rings (SSSR count). The summed E-state index contributed by atoms with van der Waals surface area (Å²) in [7, 11) is 0. The molecule has 17 heavy (non-hydrogen) atoms. The molecular weight excluding hydrogens is 210 g/mol. The minimum absolute atomic E-state index is 0.305. The van der Waals surface area contributed by atoms with Gasteiger partial charge in [-0.2, -0.15) is 0 Å². The number of nitrogens with zero attached hydrogens (tertiary/aromatic N) is 2. The van der Waals surface area contributed by atoms with Gasteiger partial charge in [0.2, 0.25) is 0 Å². The Kier molecular flexibility index (Phi) is 4.23. The molecule has 0 aromatic rings. The summed E-state index contributed by atoms with van der Waals surface area (Å²) in [6, 6.07) is 0. The molecule has 0 amide bonds. The highest BCUT2D eigenvalue weighted by molar-refractivity contribution is 5.05. The van der Waals surface area contributed by atoms with Gasteiger partial charge >= 0.3 is 0 Å². The summed E-state index contributed by atoms with van der Waals surface area (Å²) in [5, 5.41) is 3.43. The van der Waals surface area contributed by atoms with Gasteiger partial charge in [-0.1, -0.05) is 11.6 Å². The Morgan fingerprint density at radius 2 is 1.94 bits per heavy atom. The van der Waals surface area contributed by atoms with Crippen LogP contribution in [0.2, 0.25) is 0 Å². The summed E-state index contributed by atoms with van der Waals surface area (Å²) in [6.45, 7) is 15.3. The van der Waals surface area contributed by atoms with E-state index in [1.54, 1.807) is 0 Å². The van der Waals surface area contributed by atoms with Gasteiger partial charge in [-0.3, -0.25) is 9.80 Å². The second-order valence-corrected chi connectivity index (χ2v) is 6.10. The molecule has 1 saturated heterocycles. The van der Waals surface area contributed by atoms with Gasteiger partial charge in [0.25, 0.3) is 0 Å². The lowest BCUT2D eigenvalue weighted by atomic mass is 9.99. The molecule has 3 heteroatoms. The Hall–Kier alpha value is -0.380. The summed E-state index contributed by atoms with van der Waals surface area (Å²) in [5.41, 5.74) is 1.84. The van der Waals surface area contributed by atoms with Crippen molar-refractivity contribution >= 4 is 0 Å². The zero-order valence-electron chi connectivity index (χ0n) is 11.6. The topological polar surface area (TPSA) is 18.5 Å². The van der Waals surface area contributed by atoms with Crippen LogP contribution in [0.15, 0.2) is 11.6 Å². The molecule has 0 aromatic heterocycles. The zero-order valence-corrected chi connectivity index (χ0v) is 11.6. The summed E-state index contributed by atoms with van der Waals surface area (Å²) in [4.78, 5) is 5.24. The third-order valence-electron chi connectivity index (χ3n) is 3.99. The summed E-state index contributed by atoms with van der Waals surface area (Å²) < 4.78 is 0. The first-order chi connectivity index (χ1) is 8.08. The SMILES string of the molecule is CC1=CCCN(CC(C)(C)N2CCNCC2)C1. The standard InChI is InChI=1S/C14H27N3/c1-13-5-4-8-16(11-13)12-14(2,3)17-9-6-15-7-10-17/h5,15H,4,6-12H2,1-3H3. The first kappa shape index (κ1) is 13.1. The fourth-order valence-corrected chi connectivity index (χ4v) is 3.04. The Bertz CT molecular complexity index is 277. The van der Waals surface area contributed by atoms with Gasteiger partial charge in [0, 0.05) is 51.4 Å². The van der Waals surface area contributed by atoms with Crippen molar-refractivity contribution in [3.8, 4) is 0 Å². The quantitative estimate of drug-likeness (QED) is 0.747. The van der Waals surface area contributed by atoms with Crippen molar-refractivity contribution in [2.45, 2.75) is 32.7 Å². The van der Waals surface area contributed by atoms with Crippen molar-refractivity contribution in [2.75, 3.05) is 45.8 Å². The van der Waals surface area contributed by atoms with E-state index in [1.807, 2.05) is 0 Å². The normalized spacial score (nSPS) is 24.8. The van der Waals surface area contributed by atoms with Crippen molar-refractivity contribution in [1.29, 1.82) is 0 Å². The van der Waals surface area contributed by atoms with Crippen LogP contribution in [0.3, 0.4) is 0 Å². The van der Waals surface area contributed by atoms with E-state index in [4.69, 9.17) is 0 Å². The lowest BCUT2D eigenvalue weighted by Crippen LogP contribution is -2.58. The second-order valence-electron chi connectivity index (χ2n) is 6.10. The van der Waals surface area contributed by atoms with Crippen LogP contribution >= 0.6 is 0 Å². The van der Waals surface area contributed by atoms with Crippen LogP contribution in [0.5, 0.6) is 0 Å². The second kappa shape index (κ2) is 5.51. The maximum Gasteiger partial charge on any atom is 0.0281 e. The molecule has 2 heterocycles. The van der Waals surface area contributed by atoms with Crippen molar-refractivity contribution < 1.29 is 0 Å². The summed E-state index contributed by atoms with van der Waals surface area (Å²) in [5.74, 6) is 0. The molecule has 0 radical (unpaired) electrons. The van der Waals surface area contributed by atoms with Crippen LogP contribution in [0, 0.1) is 0 Å². The van der Waals surface area contributed by atoms with E-state index in [0.29, 0.717) is 5.54 Å². The average molecular weight is 237 g/mol. The van der Waals surface area contributed by atoms with Crippen molar-refractivity contribution in [3.63, 3.8) is 0 Å². The fourth-order valence-electron chi connectivity index (χ4n) is 3.04. The minimum Gasteiger partial charge on any atom is -0.314 e. The molecule has 2 aliphatic heterocycles. The molecule has 0 bridgehead atoms. The van der Waals surface area contributed by atoms with Crippen LogP contribution < -0.4 is 5.32 Å². The van der Waals surface area contributed by atoms with Crippen molar-refractivity contribution in [3.05, 3.63) is 11.6 Å². The van der Waals surface area contributed by atoms with E-state index < -0.39 is 0 Å². The third kappa shape index (κ3) is 3.54. The minimum atomic E-state index is 0.305. The molecule has 1 fully saturated rings. The van der Waals surface area contributed by atoms with Crippen LogP contribution in [-0.2, 0) is 0 Å². The van der Waals surface area contributed by atoms with Gasteiger partial charge in [0.15, 0.2) is 0 Å². The number of rotatable bonds is 3. The molecular formula is C14H27N3. The van der Waals surface area contributed by atoms with Crippen LogP contribution in [0.25, 0.3) is 0 Å². The Labute approximate surface area is 106 Å². The fraction of sp³-hybridized carbons (Fsp3) is 0.857. The first-order valence-corrected chi connectivity index (χ1v) is 6.92. The van der Waals surface area contributed by atoms with Gasteiger partial charge in [-0.05, 0) is 27.2 Å². The molecule has 0 saturated carbocycles. The number of hydrogen-bond acceptors (Lipinski definition) is 3. The van der Waals surface area contributed by atoms with Crippen LogP contribution in [-0.4, -0.2) is 61.2 Å². The van der Waals surface area contributed by atoms with Gasteiger partial charge < -0.3 is 5.32 Å². The molecule has 2 aliphatic rings. The highest BCUT2D eigenvalue weighted by Gasteiger charge is 2.30. The van der Waals surface area contributed by atoms with E-state index in [0.717, 1.165) is 19.6 Å². The third-order valence-corrected chi connectivity index (χ3v) is 3.99. The highest BCUT2D eigenvalue weighted by Crippen LogP contribution is 2.19. The monoisotopic (exact) mass is 237 g/mol. The lowest BCUT2D eigenvalue weighted by Gasteiger charge is -2.44. The van der Waals surface area contributed by atoms with Crippen molar-refractivity contribution in [1.82, 2.24) is 15.1 Å². The molecule has 0 unspecified atom stereocenters. The van der Waals surface area contributed by atoms with E-state index >= 15 is 0 Å². The highest BCUT2D eigenvalue weighted by atomic mass is 15.3. The molecule has 98 valence electrons. The molecule has 0 spiro atoms. The van der Waals surface area contributed by atoms with Gasteiger partial charge in [0.05, 0.1) is 0 Å². The Morgan fingerprint density at radius 1 is 1.24 bits per heavy atom. The average Bonchev–Trinajstić information content (AvgIpc) is 2.29. The Balaban J connectivity index is 1.89. The maximum atomic E-state index is 3.43. The summed E-state index contributed by atoms with van der Waals surface area (Å²) in [6.07, 6.45) is 3.61. The molecule has 1 N–H and O–H groups in total. The zero-order chi connectivity index (χ0) is 12.3. The largest absolute Gasteiger partial charge is 0.314 e. The van der Waals surface area contributed by atoms with E-state index in [-0.39, 0.29) is 0 Å². The van der Waals surface area contributed by atoms with Gasteiger partial charge in [-0.25, -0.2) is 0 Å². The molecule has 0 aromatic carbocycles. The smallest absolute Gasteiger partial charge is 0.0281 e. The summed E-state index contributed by atoms with van der Waals surface area (Å²) >= 11 is 0. The van der Waals surface area contributed by atoms with E-state index in [2.05, 4.69) is 42.0 Å². The molecule has 3 nitrogen and oxygen atoms in total. The van der Waals surface area contributed by atoms with Crippen molar-refractivity contribution in [2.24, 2.45) is 0 Å². The Morgan fingerprint density at radius 3 is 2.59 bits per heavy atom. The van der Waals surface area contributed by atoms with Crippen LogP contribution in [0.1, 0.15) is 27.2 Å². The van der Waals surface area contributed by atoms with Crippen LogP contribution in [0.4, 0.5) is 0 Å². The number of nitrogens with one attached hydrogen (secondary N) is 1. The van der Waals surface area contributed by atoms with E-state index in [1.165, 1.54) is 38.2 Å². The first-order valence-electron chi connectivity index (χ1n) is 6.92. The number of piperazine rings is 1. The lowest BCUT2D eigenvalue weighted by molar-refractivity contribution is 0.0652. The predicted octanol–water partition coefficient (Wildman–Crippen LogP) is 1.32. The molecule has 0 aliphatic carbocycles. The van der Waals surface area contributed by atoms with Gasteiger partial charge in [0.1, 0.15) is 0 Å². The van der Waals surface area contributed by atoms with E-state index in [9.17, 15) is 0 Å². The number of hydrogen-bond donors (Lipinski definition) is 1.